The highest BCUT2D eigenvalue weighted by molar-refractivity contribution is 9.10. The number of halogens is 2. The quantitative estimate of drug-likeness (QED) is 0.764. The van der Waals surface area contributed by atoms with Gasteiger partial charge in [0, 0.05) is 4.47 Å². The molecule has 0 aromatic heterocycles. The Morgan fingerprint density at radius 1 is 1.50 bits per heavy atom. The minimum absolute atomic E-state index is 0.0481. The molecule has 0 amide bonds. The lowest BCUT2D eigenvalue weighted by Gasteiger charge is -2.08. The lowest BCUT2D eigenvalue weighted by atomic mass is 10.2. The van der Waals surface area contributed by atoms with E-state index in [9.17, 15) is 9.18 Å². The molecule has 0 spiro atoms. The van der Waals surface area contributed by atoms with E-state index in [1.165, 1.54) is 18.2 Å². The number of carbonyl (C=O) groups is 1. The zero-order chi connectivity index (χ0) is 10.7. The summed E-state index contributed by atoms with van der Waals surface area (Å²) < 4.78 is 18.7. The smallest absolute Gasteiger partial charge is 0.341 e. The topological polar surface area (TPSA) is 26.3 Å². The summed E-state index contributed by atoms with van der Waals surface area (Å²) in [5.41, 5.74) is -0.0481. The van der Waals surface area contributed by atoms with Crippen molar-refractivity contribution in [2.75, 3.05) is 0 Å². The molecular weight excluding hydrogens is 251 g/mol. The summed E-state index contributed by atoms with van der Waals surface area (Å²) in [5, 5.41) is 0. The van der Waals surface area contributed by atoms with Crippen LogP contribution in [0.3, 0.4) is 0 Å². The molecule has 0 fully saturated rings. The lowest BCUT2D eigenvalue weighted by molar-refractivity contribution is 0.0372. The van der Waals surface area contributed by atoms with Gasteiger partial charge in [0.15, 0.2) is 0 Å². The van der Waals surface area contributed by atoms with Crippen LogP contribution in [0.25, 0.3) is 0 Å². The molecule has 0 bridgehead atoms. The molecule has 14 heavy (non-hydrogen) atoms. The minimum atomic E-state index is -0.640. The van der Waals surface area contributed by atoms with Crippen LogP contribution in [0.2, 0.25) is 0 Å². The molecule has 0 unspecified atom stereocenters. The molecule has 0 atom stereocenters. The van der Waals surface area contributed by atoms with Gasteiger partial charge in [0.1, 0.15) is 5.82 Å². The number of benzene rings is 1. The van der Waals surface area contributed by atoms with Crippen molar-refractivity contribution in [2.45, 2.75) is 20.0 Å². The number of ether oxygens (including phenoxy) is 1. The standard InChI is InChI=1S/C10H10BrFO2/c1-6(2)14-10(13)8-5-7(11)3-4-9(8)12/h3-6H,1-2H3. The summed E-state index contributed by atoms with van der Waals surface area (Å²) in [4.78, 5) is 11.3. The molecule has 0 aliphatic rings. The second kappa shape index (κ2) is 4.55. The van der Waals surface area contributed by atoms with Gasteiger partial charge in [-0.1, -0.05) is 15.9 Å². The van der Waals surface area contributed by atoms with Crippen molar-refractivity contribution in [3.05, 3.63) is 34.1 Å². The predicted molar refractivity (Wildman–Crippen MR) is 54.7 cm³/mol. The first kappa shape index (κ1) is 11.2. The van der Waals surface area contributed by atoms with Gasteiger partial charge in [-0.2, -0.15) is 0 Å². The number of esters is 1. The van der Waals surface area contributed by atoms with E-state index in [1.54, 1.807) is 13.8 Å². The number of hydrogen-bond acceptors (Lipinski definition) is 2. The van der Waals surface area contributed by atoms with E-state index < -0.39 is 11.8 Å². The lowest BCUT2D eigenvalue weighted by Crippen LogP contribution is -2.13. The molecule has 0 heterocycles. The van der Waals surface area contributed by atoms with E-state index in [4.69, 9.17) is 4.74 Å². The van der Waals surface area contributed by atoms with Crippen LogP contribution >= 0.6 is 15.9 Å². The highest BCUT2D eigenvalue weighted by Crippen LogP contribution is 2.16. The van der Waals surface area contributed by atoms with Gasteiger partial charge in [0.05, 0.1) is 11.7 Å². The van der Waals surface area contributed by atoms with Crippen LogP contribution in [0.1, 0.15) is 24.2 Å². The van der Waals surface area contributed by atoms with Crippen molar-refractivity contribution < 1.29 is 13.9 Å². The summed E-state index contributed by atoms with van der Waals surface area (Å²) in [6, 6.07) is 4.16. The number of rotatable bonds is 2. The van der Waals surface area contributed by atoms with Gasteiger partial charge in [0.2, 0.25) is 0 Å². The summed E-state index contributed by atoms with van der Waals surface area (Å²) in [6.45, 7) is 3.43. The third kappa shape index (κ3) is 2.80. The van der Waals surface area contributed by atoms with Gasteiger partial charge in [0.25, 0.3) is 0 Å². The molecule has 0 saturated heterocycles. The normalized spacial score (nSPS) is 10.4. The zero-order valence-electron chi connectivity index (χ0n) is 7.88. The van der Waals surface area contributed by atoms with Crippen molar-refractivity contribution in [1.82, 2.24) is 0 Å². The second-order valence-electron chi connectivity index (χ2n) is 3.08. The molecule has 0 N–H and O–H groups in total. The van der Waals surface area contributed by atoms with Crippen LogP contribution < -0.4 is 0 Å². The van der Waals surface area contributed by atoms with Crippen LogP contribution in [0.4, 0.5) is 4.39 Å². The summed E-state index contributed by atoms with van der Waals surface area (Å²) in [6.07, 6.45) is -0.249. The van der Waals surface area contributed by atoms with Crippen LogP contribution in [0.5, 0.6) is 0 Å². The van der Waals surface area contributed by atoms with Gasteiger partial charge >= 0.3 is 5.97 Å². The zero-order valence-corrected chi connectivity index (χ0v) is 9.47. The third-order valence-corrected chi connectivity index (χ3v) is 1.98. The number of carbonyl (C=O) groups excluding carboxylic acids is 1. The monoisotopic (exact) mass is 260 g/mol. The third-order valence-electron chi connectivity index (χ3n) is 1.49. The highest BCUT2D eigenvalue weighted by Gasteiger charge is 2.14. The van der Waals surface area contributed by atoms with Crippen molar-refractivity contribution >= 4 is 21.9 Å². The molecule has 0 aliphatic carbocycles. The molecule has 0 radical (unpaired) electrons. The maximum absolute atomic E-state index is 13.1. The van der Waals surface area contributed by atoms with Crippen LogP contribution in [-0.2, 0) is 4.74 Å². The van der Waals surface area contributed by atoms with Crippen LogP contribution in [-0.4, -0.2) is 12.1 Å². The fourth-order valence-electron chi connectivity index (χ4n) is 0.931. The second-order valence-corrected chi connectivity index (χ2v) is 3.99. The Hall–Kier alpha value is -0.900. The Morgan fingerprint density at radius 2 is 2.14 bits per heavy atom. The molecule has 0 aliphatic heterocycles. The number of hydrogen-bond donors (Lipinski definition) is 0. The van der Waals surface area contributed by atoms with Gasteiger partial charge in [-0.25, -0.2) is 9.18 Å². The molecule has 1 aromatic carbocycles. The average molecular weight is 261 g/mol. The van der Waals surface area contributed by atoms with Crippen molar-refractivity contribution in [3.8, 4) is 0 Å². The van der Waals surface area contributed by atoms with E-state index >= 15 is 0 Å². The average Bonchev–Trinajstić information content (AvgIpc) is 2.08. The minimum Gasteiger partial charge on any atom is -0.459 e. The Morgan fingerprint density at radius 3 is 2.71 bits per heavy atom. The van der Waals surface area contributed by atoms with E-state index in [2.05, 4.69) is 15.9 Å². The van der Waals surface area contributed by atoms with Crippen molar-refractivity contribution in [1.29, 1.82) is 0 Å². The molecule has 4 heteroatoms. The molecule has 2 nitrogen and oxygen atoms in total. The largest absolute Gasteiger partial charge is 0.459 e. The van der Waals surface area contributed by atoms with Crippen LogP contribution in [0, 0.1) is 5.82 Å². The first-order valence-electron chi connectivity index (χ1n) is 4.16. The van der Waals surface area contributed by atoms with Crippen LogP contribution in [0.15, 0.2) is 22.7 Å². The predicted octanol–water partition coefficient (Wildman–Crippen LogP) is 3.15. The van der Waals surface area contributed by atoms with E-state index in [0.29, 0.717) is 4.47 Å². The SMILES string of the molecule is CC(C)OC(=O)c1cc(Br)ccc1F. The Kier molecular flexibility index (Phi) is 3.63. The highest BCUT2D eigenvalue weighted by atomic mass is 79.9. The first-order valence-corrected chi connectivity index (χ1v) is 4.96. The maximum Gasteiger partial charge on any atom is 0.341 e. The summed E-state index contributed by atoms with van der Waals surface area (Å²) in [7, 11) is 0. The van der Waals surface area contributed by atoms with Gasteiger partial charge in [-0.3, -0.25) is 0 Å². The summed E-state index contributed by atoms with van der Waals surface area (Å²) in [5.74, 6) is -1.21. The molecule has 1 aromatic rings. The maximum atomic E-state index is 13.1. The van der Waals surface area contributed by atoms with Gasteiger partial charge in [-0.05, 0) is 32.0 Å². The van der Waals surface area contributed by atoms with E-state index in [1.807, 2.05) is 0 Å². The van der Waals surface area contributed by atoms with E-state index in [0.717, 1.165) is 0 Å². The van der Waals surface area contributed by atoms with Crippen molar-refractivity contribution in [3.63, 3.8) is 0 Å². The van der Waals surface area contributed by atoms with Gasteiger partial charge in [-0.15, -0.1) is 0 Å². The molecular formula is C10H10BrFO2. The van der Waals surface area contributed by atoms with Crippen molar-refractivity contribution in [2.24, 2.45) is 0 Å². The van der Waals surface area contributed by atoms with Gasteiger partial charge < -0.3 is 4.74 Å². The Bertz CT molecular complexity index is 350. The fourth-order valence-corrected chi connectivity index (χ4v) is 1.29. The Balaban J connectivity index is 2.94. The fraction of sp³-hybridized carbons (Fsp3) is 0.300. The molecule has 0 saturated carbocycles. The molecule has 1 rings (SSSR count). The first-order chi connectivity index (χ1) is 6.50. The summed E-state index contributed by atoms with van der Waals surface area (Å²) >= 11 is 3.16. The van der Waals surface area contributed by atoms with E-state index in [-0.39, 0.29) is 11.7 Å². The Labute approximate surface area is 90.2 Å². The molecule has 76 valence electrons.